The van der Waals surface area contributed by atoms with Crippen LogP contribution >= 0.6 is 0 Å². The molecule has 2 heterocycles. The fraction of sp³-hybridized carbons (Fsp3) is 0.300. The third-order valence-electron chi connectivity index (χ3n) is 6.81. The highest BCUT2D eigenvalue weighted by Gasteiger charge is 2.24. The molecule has 5 rings (SSSR count). The van der Waals surface area contributed by atoms with Crippen molar-refractivity contribution in [2.24, 2.45) is 0 Å². The molecule has 0 bridgehead atoms. The number of amides is 1. The van der Waals surface area contributed by atoms with Crippen LogP contribution in [0.2, 0.25) is 0 Å². The van der Waals surface area contributed by atoms with E-state index in [0.717, 1.165) is 65.0 Å². The van der Waals surface area contributed by atoms with Crippen LogP contribution in [0.25, 0.3) is 22.0 Å². The first kappa shape index (κ1) is 23.8. The lowest BCUT2D eigenvalue weighted by Gasteiger charge is -2.29. The smallest absolute Gasteiger partial charge is 0.270 e. The average Bonchev–Trinajstić information content (AvgIpc) is 3.35. The molecule has 1 amide bonds. The van der Waals surface area contributed by atoms with Gasteiger partial charge in [0.15, 0.2) is 11.5 Å². The van der Waals surface area contributed by atoms with Gasteiger partial charge in [-0.05, 0) is 77.6 Å². The van der Waals surface area contributed by atoms with Crippen molar-refractivity contribution in [3.8, 4) is 28.4 Å². The van der Waals surface area contributed by atoms with Crippen molar-refractivity contribution in [2.45, 2.75) is 32.7 Å². The highest BCUT2D eigenvalue weighted by Crippen LogP contribution is 2.34. The Morgan fingerprint density at radius 3 is 2.36 bits per heavy atom. The maximum absolute atomic E-state index is 13.4. The van der Waals surface area contributed by atoms with Gasteiger partial charge in [-0.2, -0.15) is 0 Å². The van der Waals surface area contributed by atoms with E-state index in [2.05, 4.69) is 36.2 Å². The summed E-state index contributed by atoms with van der Waals surface area (Å²) in [5.41, 5.74) is 6.06. The molecule has 1 aliphatic heterocycles. The van der Waals surface area contributed by atoms with Gasteiger partial charge in [0.1, 0.15) is 11.4 Å². The minimum absolute atomic E-state index is 0.00164. The Hall–Kier alpha value is -3.93. The molecule has 0 fully saturated rings. The number of aromatic nitrogens is 1. The number of benzene rings is 3. The van der Waals surface area contributed by atoms with E-state index in [1.165, 1.54) is 5.56 Å². The van der Waals surface area contributed by atoms with Gasteiger partial charge in [-0.3, -0.25) is 4.79 Å². The van der Waals surface area contributed by atoms with Crippen LogP contribution in [0.5, 0.6) is 17.2 Å². The summed E-state index contributed by atoms with van der Waals surface area (Å²) in [5.74, 6) is 2.30. The Kier molecular flexibility index (Phi) is 6.85. The van der Waals surface area contributed by atoms with E-state index in [4.69, 9.17) is 14.2 Å². The van der Waals surface area contributed by atoms with Gasteiger partial charge in [0.2, 0.25) is 0 Å². The van der Waals surface area contributed by atoms with Gasteiger partial charge < -0.3 is 24.1 Å². The number of rotatable bonds is 8. The predicted molar refractivity (Wildman–Crippen MR) is 142 cm³/mol. The number of hydrogen-bond donors (Lipinski definition) is 1. The summed E-state index contributed by atoms with van der Waals surface area (Å²) in [4.78, 5) is 18.6. The molecule has 6 heteroatoms. The summed E-state index contributed by atoms with van der Waals surface area (Å²) < 4.78 is 16.7. The Bertz CT molecular complexity index is 1370. The maximum atomic E-state index is 13.4. The maximum Gasteiger partial charge on any atom is 0.270 e. The van der Waals surface area contributed by atoms with Crippen molar-refractivity contribution >= 4 is 16.8 Å². The van der Waals surface area contributed by atoms with E-state index in [9.17, 15) is 4.79 Å². The number of ether oxygens (including phenoxy) is 3. The van der Waals surface area contributed by atoms with Gasteiger partial charge in [0.05, 0.1) is 20.8 Å². The van der Waals surface area contributed by atoms with Crippen LogP contribution in [0.15, 0.2) is 60.7 Å². The first-order valence-electron chi connectivity index (χ1n) is 12.5. The quantitative estimate of drug-likeness (QED) is 0.301. The molecule has 0 spiro atoms. The first-order chi connectivity index (χ1) is 17.6. The van der Waals surface area contributed by atoms with Crippen molar-refractivity contribution in [2.75, 3.05) is 27.4 Å². The molecule has 186 valence electrons. The number of hydrogen-bond acceptors (Lipinski definition) is 4. The molecule has 1 aromatic heterocycles. The van der Waals surface area contributed by atoms with Crippen molar-refractivity contribution < 1.29 is 19.0 Å². The Morgan fingerprint density at radius 2 is 1.64 bits per heavy atom. The third-order valence-corrected chi connectivity index (χ3v) is 6.81. The van der Waals surface area contributed by atoms with Crippen molar-refractivity contribution in [3.05, 3.63) is 77.5 Å². The van der Waals surface area contributed by atoms with Gasteiger partial charge in [-0.1, -0.05) is 31.5 Å². The van der Waals surface area contributed by atoms with Gasteiger partial charge in [0, 0.05) is 24.0 Å². The number of aromatic amines is 1. The second kappa shape index (κ2) is 10.4. The number of nitrogens with one attached hydrogen (secondary N) is 1. The summed E-state index contributed by atoms with van der Waals surface area (Å²) >= 11 is 0. The number of nitrogens with zero attached hydrogens (tertiary/aromatic N) is 1. The molecule has 4 aromatic rings. The molecule has 0 unspecified atom stereocenters. The predicted octanol–water partition coefficient (Wildman–Crippen LogP) is 6.23. The van der Waals surface area contributed by atoms with Crippen molar-refractivity contribution in [1.82, 2.24) is 9.88 Å². The summed E-state index contributed by atoms with van der Waals surface area (Å²) in [6.45, 7) is 4.10. The molecule has 0 aliphatic carbocycles. The fourth-order valence-electron chi connectivity index (χ4n) is 4.73. The molecule has 0 radical (unpaired) electrons. The van der Waals surface area contributed by atoms with Crippen LogP contribution in [0.4, 0.5) is 0 Å². The van der Waals surface area contributed by atoms with Crippen LogP contribution in [0.1, 0.15) is 41.4 Å². The molecular formula is C30H32N2O4. The lowest BCUT2D eigenvalue weighted by Crippen LogP contribution is -2.36. The zero-order chi connectivity index (χ0) is 25.1. The van der Waals surface area contributed by atoms with E-state index in [1.807, 2.05) is 41.3 Å². The molecule has 1 N–H and O–H groups in total. The van der Waals surface area contributed by atoms with Crippen molar-refractivity contribution in [3.63, 3.8) is 0 Å². The Balaban J connectivity index is 1.33. The highest BCUT2D eigenvalue weighted by molar-refractivity contribution is 5.99. The normalized spacial score (nSPS) is 12.9. The third kappa shape index (κ3) is 4.76. The molecule has 0 atom stereocenters. The summed E-state index contributed by atoms with van der Waals surface area (Å²) in [6, 6.07) is 20.4. The average molecular weight is 485 g/mol. The summed E-state index contributed by atoms with van der Waals surface area (Å²) in [5, 5.41) is 1.02. The van der Waals surface area contributed by atoms with E-state index in [-0.39, 0.29) is 5.91 Å². The van der Waals surface area contributed by atoms with Crippen LogP contribution in [-0.4, -0.2) is 43.2 Å². The van der Waals surface area contributed by atoms with Gasteiger partial charge in [0.25, 0.3) is 5.91 Å². The fourth-order valence-corrected chi connectivity index (χ4v) is 4.73. The molecule has 1 aliphatic rings. The first-order valence-corrected chi connectivity index (χ1v) is 12.5. The topological polar surface area (TPSA) is 63.8 Å². The second-order valence-electron chi connectivity index (χ2n) is 9.16. The van der Waals surface area contributed by atoms with E-state index in [1.54, 1.807) is 14.2 Å². The summed E-state index contributed by atoms with van der Waals surface area (Å²) in [7, 11) is 3.27. The van der Waals surface area contributed by atoms with Crippen LogP contribution in [0.3, 0.4) is 0 Å². The summed E-state index contributed by atoms with van der Waals surface area (Å²) in [6.07, 6.45) is 2.96. The number of methoxy groups -OCH3 is 2. The number of carbonyl (C=O) groups is 1. The molecule has 3 aromatic carbocycles. The lowest BCUT2D eigenvalue weighted by atomic mass is 9.98. The number of H-pyrrole nitrogens is 1. The molecule has 0 saturated carbocycles. The van der Waals surface area contributed by atoms with Crippen LogP contribution < -0.4 is 14.2 Å². The SMILES string of the molecule is CCCCOc1ccc(-c2ccc3[nH]c(C(=O)N4CCc5cc(OC)c(OC)cc5C4)cc3c2)cc1. The Labute approximate surface area is 211 Å². The standard InChI is InChI=1S/C30H32N2O4/c1-4-5-14-36-25-9-6-20(7-10-25)21-8-11-26-23(15-21)16-27(31-26)30(33)32-13-12-22-17-28(34-2)29(35-3)18-24(22)19-32/h6-11,15-18,31H,4-5,12-14,19H2,1-3H3. The Morgan fingerprint density at radius 1 is 0.917 bits per heavy atom. The minimum atomic E-state index is 0.00164. The number of unbranched alkanes of at least 4 members (excludes halogenated alkanes) is 1. The van der Waals surface area contributed by atoms with Crippen LogP contribution in [0, 0.1) is 0 Å². The zero-order valence-corrected chi connectivity index (χ0v) is 21.1. The molecule has 0 saturated heterocycles. The second-order valence-corrected chi connectivity index (χ2v) is 9.16. The molecular weight excluding hydrogens is 452 g/mol. The number of fused-ring (bicyclic) bond motifs is 2. The van der Waals surface area contributed by atoms with E-state index >= 15 is 0 Å². The lowest BCUT2D eigenvalue weighted by molar-refractivity contribution is 0.0729. The highest BCUT2D eigenvalue weighted by atomic mass is 16.5. The van der Waals surface area contributed by atoms with Gasteiger partial charge in [-0.15, -0.1) is 0 Å². The minimum Gasteiger partial charge on any atom is -0.494 e. The largest absolute Gasteiger partial charge is 0.494 e. The van der Waals surface area contributed by atoms with Crippen molar-refractivity contribution in [1.29, 1.82) is 0 Å². The van der Waals surface area contributed by atoms with Gasteiger partial charge in [-0.25, -0.2) is 0 Å². The van der Waals surface area contributed by atoms with E-state index in [0.29, 0.717) is 24.5 Å². The monoisotopic (exact) mass is 484 g/mol. The molecule has 6 nitrogen and oxygen atoms in total. The van der Waals surface area contributed by atoms with Gasteiger partial charge >= 0.3 is 0 Å². The zero-order valence-electron chi connectivity index (χ0n) is 21.1. The molecule has 36 heavy (non-hydrogen) atoms. The van der Waals surface area contributed by atoms with E-state index < -0.39 is 0 Å². The van der Waals surface area contributed by atoms with Crippen LogP contribution in [-0.2, 0) is 13.0 Å². The number of carbonyl (C=O) groups excluding carboxylic acids is 1.